The molecule has 2 fully saturated rings. The Bertz CT molecular complexity index is 292. The zero-order chi connectivity index (χ0) is 14.7. The molecule has 2 heterocycles. The van der Waals surface area contributed by atoms with E-state index in [1.54, 1.807) is 0 Å². The maximum Gasteiger partial charge on any atom is 0.0221 e. The summed E-state index contributed by atoms with van der Waals surface area (Å²) in [7, 11) is 0. The van der Waals surface area contributed by atoms with Crippen LogP contribution >= 0.6 is 0 Å². The highest BCUT2D eigenvalue weighted by Crippen LogP contribution is 2.22. The van der Waals surface area contributed by atoms with E-state index in [4.69, 9.17) is 0 Å². The summed E-state index contributed by atoms with van der Waals surface area (Å²) >= 11 is 0. The van der Waals surface area contributed by atoms with Gasteiger partial charge in [0.15, 0.2) is 0 Å². The smallest absolute Gasteiger partial charge is 0.0221 e. The van der Waals surface area contributed by atoms with Gasteiger partial charge in [-0.3, -0.25) is 4.90 Å². The number of hydrogen-bond donors (Lipinski definition) is 1. The molecule has 0 aromatic carbocycles. The molecule has 118 valence electrons. The molecule has 0 aliphatic carbocycles. The molecule has 0 amide bonds. The molecular formula is C17H35N3. The van der Waals surface area contributed by atoms with Crippen molar-refractivity contribution in [1.29, 1.82) is 0 Å². The van der Waals surface area contributed by atoms with Crippen molar-refractivity contribution in [3.8, 4) is 0 Å². The Labute approximate surface area is 126 Å². The van der Waals surface area contributed by atoms with E-state index in [9.17, 15) is 0 Å². The lowest BCUT2D eigenvalue weighted by Gasteiger charge is -2.42. The molecule has 3 heteroatoms. The molecule has 2 aliphatic rings. The summed E-state index contributed by atoms with van der Waals surface area (Å²) in [4.78, 5) is 5.39. The van der Waals surface area contributed by atoms with Crippen molar-refractivity contribution < 1.29 is 0 Å². The maximum absolute atomic E-state index is 3.75. The fraction of sp³-hybridized carbons (Fsp3) is 1.00. The van der Waals surface area contributed by atoms with Crippen LogP contribution in [-0.2, 0) is 0 Å². The van der Waals surface area contributed by atoms with Gasteiger partial charge in [0.05, 0.1) is 0 Å². The second kappa shape index (κ2) is 7.24. The van der Waals surface area contributed by atoms with Gasteiger partial charge >= 0.3 is 0 Å². The molecule has 2 aliphatic heterocycles. The minimum Gasteiger partial charge on any atom is -0.311 e. The van der Waals surface area contributed by atoms with Gasteiger partial charge in [-0.1, -0.05) is 20.3 Å². The van der Waals surface area contributed by atoms with Gasteiger partial charge in [0.1, 0.15) is 0 Å². The lowest BCUT2D eigenvalue weighted by Crippen LogP contribution is -2.58. The van der Waals surface area contributed by atoms with E-state index in [1.165, 1.54) is 39.0 Å². The molecule has 1 N–H and O–H groups in total. The van der Waals surface area contributed by atoms with E-state index in [1.807, 2.05) is 0 Å². The average Bonchev–Trinajstić information content (AvgIpc) is 2.89. The molecule has 0 bridgehead atoms. The van der Waals surface area contributed by atoms with E-state index in [0.29, 0.717) is 18.1 Å². The van der Waals surface area contributed by atoms with Crippen LogP contribution in [0.2, 0.25) is 0 Å². The van der Waals surface area contributed by atoms with Gasteiger partial charge < -0.3 is 10.2 Å². The van der Waals surface area contributed by atoms with Crippen molar-refractivity contribution in [3.63, 3.8) is 0 Å². The Balaban J connectivity index is 1.84. The Morgan fingerprint density at radius 2 is 1.95 bits per heavy atom. The molecule has 0 aromatic heterocycles. The predicted molar refractivity (Wildman–Crippen MR) is 87.1 cm³/mol. The first-order chi connectivity index (χ1) is 9.51. The van der Waals surface area contributed by atoms with Crippen LogP contribution < -0.4 is 5.32 Å². The minimum absolute atomic E-state index is 0.693. The second-order valence-corrected chi connectivity index (χ2v) is 7.45. The first kappa shape index (κ1) is 16.3. The molecule has 0 radical (unpaired) electrons. The van der Waals surface area contributed by atoms with Crippen LogP contribution in [0, 0.1) is 11.8 Å². The van der Waals surface area contributed by atoms with Crippen molar-refractivity contribution >= 4 is 0 Å². The second-order valence-electron chi connectivity index (χ2n) is 7.45. The average molecular weight is 281 g/mol. The number of nitrogens with one attached hydrogen (secondary N) is 1. The van der Waals surface area contributed by atoms with Gasteiger partial charge in [-0.25, -0.2) is 0 Å². The quantitative estimate of drug-likeness (QED) is 0.835. The third-order valence-electron chi connectivity index (χ3n) is 5.60. The van der Waals surface area contributed by atoms with Crippen molar-refractivity contribution in [2.75, 3.05) is 32.7 Å². The Kier molecular flexibility index (Phi) is 5.88. The van der Waals surface area contributed by atoms with E-state index >= 15 is 0 Å². The van der Waals surface area contributed by atoms with Crippen molar-refractivity contribution in [3.05, 3.63) is 0 Å². The van der Waals surface area contributed by atoms with Crippen molar-refractivity contribution in [2.24, 2.45) is 11.8 Å². The maximum atomic E-state index is 3.75. The minimum atomic E-state index is 0.693. The van der Waals surface area contributed by atoms with Gasteiger partial charge in [-0.2, -0.15) is 0 Å². The predicted octanol–water partition coefficient (Wildman–Crippen LogP) is 2.43. The van der Waals surface area contributed by atoms with E-state index in [2.05, 4.69) is 49.7 Å². The van der Waals surface area contributed by atoms with Gasteiger partial charge in [-0.05, 0) is 45.6 Å². The normalized spacial score (nSPS) is 34.8. The van der Waals surface area contributed by atoms with Crippen molar-refractivity contribution in [1.82, 2.24) is 15.1 Å². The molecular weight excluding hydrogens is 246 g/mol. The fourth-order valence-electron chi connectivity index (χ4n) is 3.68. The highest BCUT2D eigenvalue weighted by atomic mass is 15.2. The molecule has 3 nitrogen and oxygen atoms in total. The van der Waals surface area contributed by atoms with Crippen LogP contribution in [-0.4, -0.2) is 60.6 Å². The Morgan fingerprint density at radius 1 is 1.20 bits per heavy atom. The third kappa shape index (κ3) is 3.96. The van der Waals surface area contributed by atoms with Gasteiger partial charge in [0.2, 0.25) is 0 Å². The summed E-state index contributed by atoms with van der Waals surface area (Å²) in [5, 5.41) is 3.75. The number of hydrogen-bond acceptors (Lipinski definition) is 3. The summed E-state index contributed by atoms with van der Waals surface area (Å²) < 4.78 is 0. The number of likely N-dealkylation sites (tertiary alicyclic amines) is 1. The molecule has 4 unspecified atom stereocenters. The molecule has 2 rings (SSSR count). The highest BCUT2D eigenvalue weighted by Gasteiger charge is 2.31. The fourth-order valence-corrected chi connectivity index (χ4v) is 3.68. The molecule has 2 saturated heterocycles. The first-order valence-electron chi connectivity index (χ1n) is 8.72. The van der Waals surface area contributed by atoms with Crippen LogP contribution in [0.4, 0.5) is 0 Å². The molecule has 0 spiro atoms. The highest BCUT2D eigenvalue weighted by molar-refractivity contribution is 4.89. The van der Waals surface area contributed by atoms with Gasteiger partial charge in [0, 0.05) is 44.3 Å². The molecule has 0 aromatic rings. The van der Waals surface area contributed by atoms with Crippen LogP contribution in [0.15, 0.2) is 0 Å². The third-order valence-corrected chi connectivity index (χ3v) is 5.60. The Hall–Kier alpha value is -0.120. The Morgan fingerprint density at radius 3 is 2.55 bits per heavy atom. The summed E-state index contributed by atoms with van der Waals surface area (Å²) in [6, 6.07) is 2.11. The number of rotatable bonds is 5. The summed E-state index contributed by atoms with van der Waals surface area (Å²) in [5.41, 5.74) is 0. The van der Waals surface area contributed by atoms with E-state index in [-0.39, 0.29) is 0 Å². The van der Waals surface area contributed by atoms with Crippen molar-refractivity contribution in [2.45, 2.75) is 65.6 Å². The van der Waals surface area contributed by atoms with Crippen LogP contribution in [0.3, 0.4) is 0 Å². The zero-order valence-corrected chi connectivity index (χ0v) is 14.2. The van der Waals surface area contributed by atoms with E-state index in [0.717, 1.165) is 18.4 Å². The van der Waals surface area contributed by atoms with Crippen LogP contribution in [0.25, 0.3) is 0 Å². The summed E-state index contributed by atoms with van der Waals surface area (Å²) in [6.07, 6.45) is 2.67. The van der Waals surface area contributed by atoms with Crippen LogP contribution in [0.5, 0.6) is 0 Å². The lowest BCUT2D eigenvalue weighted by atomic mass is 9.95. The first-order valence-corrected chi connectivity index (χ1v) is 8.72. The van der Waals surface area contributed by atoms with Gasteiger partial charge in [-0.15, -0.1) is 0 Å². The number of nitrogens with zero attached hydrogens (tertiary/aromatic N) is 2. The zero-order valence-electron chi connectivity index (χ0n) is 14.2. The standard InChI is InChI=1S/C17H35N3/c1-6-14(4)17-12-20(15(5)9-18-17)11-16-7-8-19(10-16)13(2)3/h13-18H,6-12H2,1-5H3. The SMILES string of the molecule is CCC(C)C1CN(CC2CCN(C(C)C)C2)C(C)CN1. The molecule has 4 atom stereocenters. The lowest BCUT2D eigenvalue weighted by molar-refractivity contribution is 0.101. The monoisotopic (exact) mass is 281 g/mol. The van der Waals surface area contributed by atoms with Gasteiger partial charge in [0.25, 0.3) is 0 Å². The topological polar surface area (TPSA) is 18.5 Å². The summed E-state index contributed by atoms with van der Waals surface area (Å²) in [6.45, 7) is 18.1. The largest absolute Gasteiger partial charge is 0.311 e. The van der Waals surface area contributed by atoms with E-state index < -0.39 is 0 Å². The van der Waals surface area contributed by atoms with Crippen LogP contribution in [0.1, 0.15) is 47.5 Å². The molecule has 0 saturated carbocycles. The number of piperazine rings is 1. The molecule has 20 heavy (non-hydrogen) atoms. The summed E-state index contributed by atoms with van der Waals surface area (Å²) in [5.74, 6) is 1.68.